The number of nitrogens with one attached hydrogen (secondary N) is 3. The maximum absolute atomic E-state index is 12.3. The summed E-state index contributed by atoms with van der Waals surface area (Å²) >= 11 is 0. The topological polar surface area (TPSA) is 128 Å². The van der Waals surface area contributed by atoms with E-state index in [-0.39, 0.29) is 24.8 Å². The summed E-state index contributed by atoms with van der Waals surface area (Å²) in [6, 6.07) is 14.7. The molecule has 0 spiro atoms. The molecule has 0 aliphatic rings. The van der Waals surface area contributed by atoms with E-state index >= 15 is 0 Å². The summed E-state index contributed by atoms with van der Waals surface area (Å²) in [7, 11) is -3.38. The fourth-order valence-electron chi connectivity index (χ4n) is 2.20. The van der Waals surface area contributed by atoms with Gasteiger partial charge in [-0.25, -0.2) is 8.42 Å². The van der Waals surface area contributed by atoms with Gasteiger partial charge in [-0.15, -0.1) is 0 Å². The number of anilines is 2. The summed E-state index contributed by atoms with van der Waals surface area (Å²) in [5, 5.41) is 13.8. The van der Waals surface area contributed by atoms with Crippen LogP contribution >= 0.6 is 0 Å². The fourth-order valence-corrected chi connectivity index (χ4v) is 2.77. The van der Waals surface area contributed by atoms with Crippen LogP contribution in [0.5, 0.6) is 0 Å². The van der Waals surface area contributed by atoms with Gasteiger partial charge in [-0.05, 0) is 42.0 Å². The Morgan fingerprint density at radius 1 is 1.07 bits per heavy atom. The monoisotopic (exact) mass is 386 g/mol. The van der Waals surface area contributed by atoms with Crippen molar-refractivity contribution in [2.45, 2.75) is 13.0 Å². The maximum atomic E-state index is 12.3. The van der Waals surface area contributed by atoms with E-state index in [4.69, 9.17) is 5.26 Å². The zero-order chi connectivity index (χ0) is 19.9. The average molecular weight is 386 g/mol. The van der Waals surface area contributed by atoms with Crippen molar-refractivity contribution in [2.24, 2.45) is 0 Å². The SMILES string of the molecule is CS(=O)(=O)Nc1ccc(C(=O)Nc2cccc(CNC(=O)CC#N)c2)cc1. The van der Waals surface area contributed by atoms with Crippen LogP contribution in [0.3, 0.4) is 0 Å². The second kappa shape index (κ2) is 8.82. The Kier molecular flexibility index (Phi) is 6.51. The molecule has 0 saturated carbocycles. The minimum absolute atomic E-state index is 0.208. The van der Waals surface area contributed by atoms with Gasteiger partial charge in [0.25, 0.3) is 5.91 Å². The zero-order valence-electron chi connectivity index (χ0n) is 14.5. The first-order valence-electron chi connectivity index (χ1n) is 7.88. The van der Waals surface area contributed by atoms with Crippen molar-refractivity contribution in [3.63, 3.8) is 0 Å². The molecule has 3 N–H and O–H groups in total. The van der Waals surface area contributed by atoms with Crippen molar-refractivity contribution in [1.29, 1.82) is 5.26 Å². The van der Waals surface area contributed by atoms with E-state index in [2.05, 4.69) is 15.4 Å². The van der Waals surface area contributed by atoms with Crippen LogP contribution in [-0.2, 0) is 21.4 Å². The second-order valence-electron chi connectivity index (χ2n) is 5.72. The largest absolute Gasteiger partial charge is 0.351 e. The van der Waals surface area contributed by atoms with Crippen LogP contribution in [0.15, 0.2) is 48.5 Å². The molecule has 0 heterocycles. The molecular weight excluding hydrogens is 368 g/mol. The number of sulfonamides is 1. The Morgan fingerprint density at radius 3 is 2.41 bits per heavy atom. The van der Waals surface area contributed by atoms with Gasteiger partial charge in [-0.1, -0.05) is 12.1 Å². The quantitative estimate of drug-likeness (QED) is 0.669. The first kappa shape index (κ1) is 19.9. The van der Waals surface area contributed by atoms with Crippen LogP contribution in [0.25, 0.3) is 0 Å². The maximum Gasteiger partial charge on any atom is 0.255 e. The molecule has 0 fully saturated rings. The molecule has 8 nitrogen and oxygen atoms in total. The summed E-state index contributed by atoms with van der Waals surface area (Å²) in [6.45, 7) is 0.246. The summed E-state index contributed by atoms with van der Waals surface area (Å²) in [5.74, 6) is -0.721. The van der Waals surface area contributed by atoms with E-state index in [1.807, 2.05) is 0 Å². The van der Waals surface area contributed by atoms with Gasteiger partial charge in [0.1, 0.15) is 6.42 Å². The van der Waals surface area contributed by atoms with Gasteiger partial charge in [-0.2, -0.15) is 5.26 Å². The van der Waals surface area contributed by atoms with Crippen LogP contribution in [0.2, 0.25) is 0 Å². The molecule has 0 unspecified atom stereocenters. The highest BCUT2D eigenvalue weighted by Crippen LogP contribution is 2.15. The predicted octanol–water partition coefficient (Wildman–Crippen LogP) is 1.84. The highest BCUT2D eigenvalue weighted by atomic mass is 32.2. The third-order valence-corrected chi connectivity index (χ3v) is 3.97. The molecule has 2 amide bonds. The van der Waals surface area contributed by atoms with Crippen molar-refractivity contribution in [3.8, 4) is 6.07 Å². The molecule has 9 heteroatoms. The van der Waals surface area contributed by atoms with E-state index in [0.29, 0.717) is 16.9 Å². The van der Waals surface area contributed by atoms with E-state index in [1.54, 1.807) is 30.3 Å². The van der Waals surface area contributed by atoms with Gasteiger partial charge in [0.15, 0.2) is 0 Å². The number of benzene rings is 2. The third-order valence-electron chi connectivity index (χ3n) is 3.36. The predicted molar refractivity (Wildman–Crippen MR) is 101 cm³/mol. The van der Waals surface area contributed by atoms with E-state index < -0.39 is 10.0 Å². The first-order valence-corrected chi connectivity index (χ1v) is 9.78. The van der Waals surface area contributed by atoms with Gasteiger partial charge < -0.3 is 10.6 Å². The molecule has 2 aromatic carbocycles. The Labute approximate surface area is 157 Å². The summed E-state index contributed by atoms with van der Waals surface area (Å²) < 4.78 is 24.7. The van der Waals surface area contributed by atoms with Gasteiger partial charge >= 0.3 is 0 Å². The molecule has 0 atom stereocenters. The summed E-state index contributed by atoms with van der Waals surface area (Å²) in [6.07, 6.45) is 0.837. The molecule has 0 aromatic heterocycles. The normalized spacial score (nSPS) is 10.5. The number of carbonyl (C=O) groups is 2. The minimum atomic E-state index is -3.38. The van der Waals surface area contributed by atoms with Gasteiger partial charge in [0, 0.05) is 23.5 Å². The van der Waals surface area contributed by atoms with Crippen molar-refractivity contribution in [3.05, 3.63) is 59.7 Å². The van der Waals surface area contributed by atoms with Crippen LogP contribution < -0.4 is 15.4 Å². The van der Waals surface area contributed by atoms with Gasteiger partial charge in [-0.3, -0.25) is 14.3 Å². The second-order valence-corrected chi connectivity index (χ2v) is 7.47. The minimum Gasteiger partial charge on any atom is -0.351 e. The lowest BCUT2D eigenvalue weighted by Crippen LogP contribution is -2.22. The Morgan fingerprint density at radius 2 is 1.78 bits per heavy atom. The highest BCUT2D eigenvalue weighted by molar-refractivity contribution is 7.92. The Balaban J connectivity index is 2.00. The van der Waals surface area contributed by atoms with Crippen LogP contribution in [0.1, 0.15) is 22.3 Å². The van der Waals surface area contributed by atoms with Crippen molar-refractivity contribution < 1.29 is 18.0 Å². The molecule has 27 heavy (non-hydrogen) atoms. The number of amides is 2. The van der Waals surface area contributed by atoms with Crippen molar-refractivity contribution in [1.82, 2.24) is 5.32 Å². The number of hydrogen-bond donors (Lipinski definition) is 3. The lowest BCUT2D eigenvalue weighted by atomic mass is 10.1. The van der Waals surface area contributed by atoms with Crippen molar-refractivity contribution in [2.75, 3.05) is 16.3 Å². The number of rotatable bonds is 7. The molecule has 2 aromatic rings. The van der Waals surface area contributed by atoms with Crippen LogP contribution in [0.4, 0.5) is 11.4 Å². The molecular formula is C18H18N4O4S. The number of hydrogen-bond acceptors (Lipinski definition) is 5. The molecule has 0 saturated heterocycles. The standard InChI is InChI=1S/C18H18N4O4S/c1-27(25,26)22-15-7-5-14(6-8-15)18(24)21-16-4-2-3-13(11-16)12-20-17(23)9-10-19/h2-8,11,22H,9,12H2,1H3,(H,20,23)(H,21,24). The Bertz CT molecular complexity index is 979. The number of carbonyl (C=O) groups excluding carboxylic acids is 2. The Hall–Kier alpha value is -3.38. The molecule has 0 radical (unpaired) electrons. The van der Waals surface area contributed by atoms with Gasteiger partial charge in [0.05, 0.1) is 12.3 Å². The van der Waals surface area contributed by atoms with Crippen molar-refractivity contribution >= 4 is 33.2 Å². The third kappa shape index (κ3) is 6.80. The van der Waals surface area contributed by atoms with E-state index in [0.717, 1.165) is 11.8 Å². The lowest BCUT2D eigenvalue weighted by molar-refractivity contribution is -0.120. The smallest absolute Gasteiger partial charge is 0.255 e. The summed E-state index contributed by atoms with van der Waals surface area (Å²) in [4.78, 5) is 23.6. The molecule has 140 valence electrons. The summed E-state index contributed by atoms with van der Waals surface area (Å²) in [5.41, 5.74) is 2.04. The number of nitrogens with zero attached hydrogens (tertiary/aromatic N) is 1. The molecule has 2 rings (SSSR count). The van der Waals surface area contributed by atoms with E-state index in [1.165, 1.54) is 24.3 Å². The van der Waals surface area contributed by atoms with Crippen LogP contribution in [-0.4, -0.2) is 26.5 Å². The molecule has 0 aliphatic heterocycles. The first-order chi connectivity index (χ1) is 12.8. The number of nitriles is 1. The average Bonchev–Trinajstić information content (AvgIpc) is 2.60. The molecule has 0 aliphatic carbocycles. The molecule has 0 bridgehead atoms. The van der Waals surface area contributed by atoms with E-state index in [9.17, 15) is 18.0 Å². The highest BCUT2D eigenvalue weighted by Gasteiger charge is 2.08. The van der Waals surface area contributed by atoms with Gasteiger partial charge in [0.2, 0.25) is 15.9 Å². The van der Waals surface area contributed by atoms with Crippen LogP contribution in [0, 0.1) is 11.3 Å². The zero-order valence-corrected chi connectivity index (χ0v) is 15.3. The fraction of sp³-hybridized carbons (Fsp3) is 0.167. The lowest BCUT2D eigenvalue weighted by Gasteiger charge is -2.09.